The number of pyridine rings is 1. The number of hydrogen-bond acceptors (Lipinski definition) is 6. The molecule has 2 heterocycles. The maximum absolute atomic E-state index is 12.4. The van der Waals surface area contributed by atoms with E-state index >= 15 is 0 Å². The maximum atomic E-state index is 12.4. The largest absolute Gasteiger partial charge is 0.325 e. The van der Waals surface area contributed by atoms with Gasteiger partial charge >= 0.3 is 0 Å². The fourth-order valence-electron chi connectivity index (χ4n) is 2.29. The first-order valence-corrected chi connectivity index (χ1v) is 9.36. The minimum Gasteiger partial charge on any atom is -0.325 e. The van der Waals surface area contributed by atoms with Crippen molar-refractivity contribution in [3.8, 4) is 0 Å². The molecule has 1 aromatic rings. The van der Waals surface area contributed by atoms with Gasteiger partial charge in [-0.1, -0.05) is 0 Å². The fraction of sp³-hybridized carbons (Fsp3) is 0.545. The third kappa shape index (κ3) is 3.17. The number of sulfone groups is 1. The monoisotopic (exact) mass is 319 g/mol. The van der Waals surface area contributed by atoms with Gasteiger partial charge in [-0.25, -0.2) is 21.6 Å². The zero-order valence-corrected chi connectivity index (χ0v) is 12.7. The van der Waals surface area contributed by atoms with E-state index in [0.717, 1.165) is 0 Å². The molecule has 1 aliphatic heterocycles. The van der Waals surface area contributed by atoms with Gasteiger partial charge in [0.05, 0.1) is 17.2 Å². The summed E-state index contributed by atoms with van der Waals surface area (Å²) < 4.78 is 50.3. The Morgan fingerprint density at radius 2 is 2.20 bits per heavy atom. The van der Waals surface area contributed by atoms with Gasteiger partial charge in [0.15, 0.2) is 9.84 Å². The van der Waals surface area contributed by atoms with Gasteiger partial charge in [0, 0.05) is 18.3 Å². The smallest absolute Gasteiger partial charge is 0.242 e. The molecule has 1 atom stereocenters. The lowest BCUT2D eigenvalue weighted by Gasteiger charge is -2.24. The van der Waals surface area contributed by atoms with Crippen LogP contribution in [0.5, 0.6) is 0 Å². The molecular weight excluding hydrogens is 302 g/mol. The standard InChI is InChI=1S/C11H17N3O4S2/c1-11(4-6-19(15,16)8-11)14-20(17,18)10-3-2-5-13-9(10)7-12/h2-3,5,14H,4,6-8,12H2,1H3. The van der Waals surface area contributed by atoms with Crippen molar-refractivity contribution in [1.82, 2.24) is 9.71 Å². The summed E-state index contributed by atoms with van der Waals surface area (Å²) in [7, 11) is -7.04. The predicted octanol–water partition coefficient (Wildman–Crippen LogP) is -0.604. The summed E-state index contributed by atoms with van der Waals surface area (Å²) in [4.78, 5) is 3.92. The topological polar surface area (TPSA) is 119 Å². The van der Waals surface area contributed by atoms with Crippen LogP contribution in [0.3, 0.4) is 0 Å². The van der Waals surface area contributed by atoms with E-state index in [-0.39, 0.29) is 35.1 Å². The highest BCUT2D eigenvalue weighted by atomic mass is 32.2. The molecule has 0 radical (unpaired) electrons. The molecule has 20 heavy (non-hydrogen) atoms. The molecular formula is C11H17N3O4S2. The van der Waals surface area contributed by atoms with Gasteiger partial charge < -0.3 is 5.73 Å². The van der Waals surface area contributed by atoms with Gasteiger partial charge in [0.25, 0.3) is 0 Å². The van der Waals surface area contributed by atoms with Gasteiger partial charge in [-0.05, 0) is 25.5 Å². The molecule has 7 nitrogen and oxygen atoms in total. The lowest BCUT2D eigenvalue weighted by Crippen LogP contribution is -2.47. The number of nitrogens with zero attached hydrogens (tertiary/aromatic N) is 1. The van der Waals surface area contributed by atoms with E-state index < -0.39 is 25.4 Å². The zero-order valence-electron chi connectivity index (χ0n) is 11.0. The Morgan fingerprint density at radius 3 is 2.75 bits per heavy atom. The predicted molar refractivity (Wildman–Crippen MR) is 74.1 cm³/mol. The van der Waals surface area contributed by atoms with Gasteiger partial charge in [-0.2, -0.15) is 0 Å². The van der Waals surface area contributed by atoms with E-state index in [2.05, 4.69) is 9.71 Å². The third-order valence-corrected chi connectivity index (χ3v) is 6.83. The summed E-state index contributed by atoms with van der Waals surface area (Å²) in [5, 5.41) is 0. The van der Waals surface area contributed by atoms with Crippen LogP contribution in [0.15, 0.2) is 23.2 Å². The molecule has 0 aliphatic carbocycles. The fourth-order valence-corrected chi connectivity index (χ4v) is 6.11. The van der Waals surface area contributed by atoms with Gasteiger partial charge in [0.2, 0.25) is 10.0 Å². The number of sulfonamides is 1. The molecule has 1 aliphatic rings. The molecule has 0 aromatic carbocycles. The Hall–Kier alpha value is -1.03. The Labute approximate surface area is 118 Å². The molecule has 2 rings (SSSR count). The van der Waals surface area contributed by atoms with E-state index in [9.17, 15) is 16.8 Å². The Bertz CT molecular complexity index is 715. The van der Waals surface area contributed by atoms with Crippen LogP contribution in [0.4, 0.5) is 0 Å². The average Bonchev–Trinajstić information content (AvgIpc) is 2.62. The summed E-state index contributed by atoms with van der Waals surface area (Å²) in [6.07, 6.45) is 1.72. The summed E-state index contributed by atoms with van der Waals surface area (Å²) in [5.74, 6) is -0.208. The van der Waals surface area contributed by atoms with Crippen LogP contribution in [0.2, 0.25) is 0 Å². The van der Waals surface area contributed by atoms with E-state index in [1.165, 1.54) is 18.3 Å². The third-order valence-electron chi connectivity index (χ3n) is 3.22. The summed E-state index contributed by atoms with van der Waals surface area (Å²) >= 11 is 0. The first-order chi connectivity index (χ1) is 9.18. The lowest BCUT2D eigenvalue weighted by atomic mass is 10.0. The molecule has 3 N–H and O–H groups in total. The van der Waals surface area contributed by atoms with E-state index in [1.54, 1.807) is 6.92 Å². The molecule has 1 unspecified atom stereocenters. The normalized spacial score (nSPS) is 25.7. The van der Waals surface area contributed by atoms with Crippen molar-refractivity contribution in [2.45, 2.75) is 30.3 Å². The highest BCUT2D eigenvalue weighted by Crippen LogP contribution is 2.25. The molecule has 1 saturated heterocycles. The van der Waals surface area contributed by atoms with Crippen LogP contribution in [0.1, 0.15) is 19.0 Å². The van der Waals surface area contributed by atoms with Gasteiger partial charge in [-0.3, -0.25) is 4.98 Å². The molecule has 0 spiro atoms. The quantitative estimate of drug-likeness (QED) is 0.764. The second-order valence-corrected chi connectivity index (χ2v) is 9.00. The summed E-state index contributed by atoms with van der Waals surface area (Å²) in [5.41, 5.74) is 4.75. The second kappa shape index (κ2) is 5.06. The van der Waals surface area contributed by atoms with E-state index in [0.29, 0.717) is 0 Å². The number of nitrogens with two attached hydrogens (primary N) is 1. The highest BCUT2D eigenvalue weighted by Gasteiger charge is 2.41. The van der Waals surface area contributed by atoms with Crippen LogP contribution < -0.4 is 10.5 Å². The van der Waals surface area contributed by atoms with Crippen LogP contribution >= 0.6 is 0 Å². The van der Waals surface area contributed by atoms with Crippen LogP contribution in [-0.2, 0) is 26.4 Å². The minimum atomic E-state index is -3.85. The van der Waals surface area contributed by atoms with Gasteiger partial charge in [-0.15, -0.1) is 0 Å². The first kappa shape index (κ1) is 15.4. The lowest BCUT2D eigenvalue weighted by molar-refractivity contribution is 0.461. The number of rotatable bonds is 4. The first-order valence-electron chi connectivity index (χ1n) is 6.06. The molecule has 1 fully saturated rings. The Kier molecular flexibility index (Phi) is 3.89. The molecule has 112 valence electrons. The van der Waals surface area contributed by atoms with Crippen molar-refractivity contribution >= 4 is 19.9 Å². The van der Waals surface area contributed by atoms with Crippen molar-refractivity contribution in [3.63, 3.8) is 0 Å². The van der Waals surface area contributed by atoms with Crippen molar-refractivity contribution in [3.05, 3.63) is 24.0 Å². The highest BCUT2D eigenvalue weighted by molar-refractivity contribution is 7.92. The summed E-state index contributed by atoms with van der Waals surface area (Å²) in [6.45, 7) is 1.58. The minimum absolute atomic E-state index is 0.00646. The molecule has 0 amide bonds. The molecule has 0 bridgehead atoms. The molecule has 0 saturated carbocycles. The number of nitrogens with one attached hydrogen (secondary N) is 1. The zero-order chi connectivity index (χ0) is 15.0. The van der Waals surface area contributed by atoms with Crippen molar-refractivity contribution in [2.24, 2.45) is 5.73 Å². The number of hydrogen-bond donors (Lipinski definition) is 2. The van der Waals surface area contributed by atoms with Crippen molar-refractivity contribution < 1.29 is 16.8 Å². The average molecular weight is 319 g/mol. The van der Waals surface area contributed by atoms with Gasteiger partial charge in [0.1, 0.15) is 4.90 Å². The SMILES string of the molecule is CC1(NS(=O)(=O)c2cccnc2CN)CCS(=O)(=O)C1. The van der Waals surface area contributed by atoms with Crippen molar-refractivity contribution in [1.29, 1.82) is 0 Å². The Balaban J connectivity index is 2.33. The molecule has 9 heteroatoms. The van der Waals surface area contributed by atoms with Crippen LogP contribution in [0, 0.1) is 0 Å². The Morgan fingerprint density at radius 1 is 1.50 bits per heavy atom. The maximum Gasteiger partial charge on any atom is 0.242 e. The van der Waals surface area contributed by atoms with Crippen molar-refractivity contribution in [2.75, 3.05) is 11.5 Å². The number of aromatic nitrogens is 1. The molecule has 1 aromatic heterocycles. The van der Waals surface area contributed by atoms with E-state index in [1.807, 2.05) is 0 Å². The summed E-state index contributed by atoms with van der Waals surface area (Å²) in [6, 6.07) is 2.91. The van der Waals surface area contributed by atoms with E-state index in [4.69, 9.17) is 5.73 Å². The van der Waals surface area contributed by atoms with Crippen LogP contribution in [-0.4, -0.2) is 38.9 Å². The van der Waals surface area contributed by atoms with Crippen LogP contribution in [0.25, 0.3) is 0 Å². The second-order valence-electron chi connectivity index (χ2n) is 5.16.